The molecule has 0 aromatic carbocycles. The summed E-state index contributed by atoms with van der Waals surface area (Å²) < 4.78 is 5.95. The van der Waals surface area contributed by atoms with Crippen LogP contribution < -0.4 is 5.32 Å². The van der Waals surface area contributed by atoms with Crippen molar-refractivity contribution < 1.29 is 4.74 Å². The zero-order chi connectivity index (χ0) is 15.4. The third kappa shape index (κ3) is 6.13. The molecule has 1 aliphatic rings. The fraction of sp³-hybridized carbons (Fsp3) is 1.00. The van der Waals surface area contributed by atoms with E-state index in [4.69, 9.17) is 4.74 Å². The largest absolute Gasteiger partial charge is 0.376 e. The van der Waals surface area contributed by atoms with Gasteiger partial charge in [0.2, 0.25) is 0 Å². The normalized spacial score (nSPS) is 28.6. The van der Waals surface area contributed by atoms with Crippen molar-refractivity contribution in [3.8, 4) is 0 Å². The Labute approximate surface area is 127 Å². The Balaban J connectivity index is 2.55. The van der Waals surface area contributed by atoms with E-state index in [1.807, 2.05) is 0 Å². The van der Waals surface area contributed by atoms with Crippen LogP contribution in [0.1, 0.15) is 74.1 Å². The van der Waals surface area contributed by atoms with E-state index >= 15 is 0 Å². The summed E-state index contributed by atoms with van der Waals surface area (Å²) >= 11 is 0. The Morgan fingerprint density at radius 2 is 1.70 bits per heavy atom. The molecule has 3 unspecified atom stereocenters. The van der Waals surface area contributed by atoms with Crippen molar-refractivity contribution in [2.24, 2.45) is 17.3 Å². The van der Waals surface area contributed by atoms with Gasteiger partial charge in [0.05, 0.1) is 5.60 Å². The second kappa shape index (κ2) is 7.26. The molecule has 1 fully saturated rings. The summed E-state index contributed by atoms with van der Waals surface area (Å²) in [5.41, 5.74) is 0.437. The van der Waals surface area contributed by atoms with Gasteiger partial charge in [-0.05, 0) is 70.3 Å². The van der Waals surface area contributed by atoms with E-state index < -0.39 is 0 Å². The first kappa shape index (κ1) is 18.0. The molecule has 20 heavy (non-hydrogen) atoms. The van der Waals surface area contributed by atoms with Crippen LogP contribution >= 0.6 is 0 Å². The molecule has 0 amide bonds. The Bertz CT molecular complexity index is 274. The fourth-order valence-electron chi connectivity index (χ4n) is 3.42. The highest BCUT2D eigenvalue weighted by Gasteiger charge is 2.35. The van der Waals surface area contributed by atoms with Crippen LogP contribution in [0, 0.1) is 17.3 Å². The van der Waals surface area contributed by atoms with Crippen LogP contribution in [0.4, 0.5) is 0 Å². The number of hydrogen-bond acceptors (Lipinski definition) is 2. The van der Waals surface area contributed by atoms with Crippen molar-refractivity contribution in [2.75, 3.05) is 13.2 Å². The summed E-state index contributed by atoms with van der Waals surface area (Å²) in [4.78, 5) is 0. The van der Waals surface area contributed by atoms with Crippen molar-refractivity contribution in [3.05, 3.63) is 0 Å². The van der Waals surface area contributed by atoms with E-state index in [1.165, 1.54) is 25.7 Å². The minimum Gasteiger partial charge on any atom is -0.376 e. The molecular formula is C18H37NO. The van der Waals surface area contributed by atoms with Gasteiger partial charge in [-0.15, -0.1) is 0 Å². The molecule has 2 nitrogen and oxygen atoms in total. The molecule has 0 saturated heterocycles. The van der Waals surface area contributed by atoms with Gasteiger partial charge < -0.3 is 10.1 Å². The summed E-state index contributed by atoms with van der Waals surface area (Å²) in [6.45, 7) is 17.8. The standard InChI is InChI=1S/C18H37NO/c1-8-19-16-10-9-15(17(2,3)4)13-14(16)11-12-20-18(5,6)7/h14-16,19H,8-13H2,1-7H3. The highest BCUT2D eigenvalue weighted by Crippen LogP contribution is 2.41. The molecule has 120 valence electrons. The molecule has 1 saturated carbocycles. The van der Waals surface area contributed by atoms with E-state index in [-0.39, 0.29) is 5.60 Å². The van der Waals surface area contributed by atoms with E-state index in [0.717, 1.165) is 25.0 Å². The Morgan fingerprint density at radius 3 is 2.20 bits per heavy atom. The minimum absolute atomic E-state index is 0.00816. The van der Waals surface area contributed by atoms with Gasteiger partial charge in [-0.1, -0.05) is 27.7 Å². The second-order valence-electron chi connectivity index (χ2n) is 8.55. The van der Waals surface area contributed by atoms with E-state index in [0.29, 0.717) is 11.5 Å². The predicted molar refractivity (Wildman–Crippen MR) is 88.1 cm³/mol. The van der Waals surface area contributed by atoms with Crippen LogP contribution in [0.2, 0.25) is 0 Å². The predicted octanol–water partition coefficient (Wildman–Crippen LogP) is 4.63. The molecule has 1 rings (SSSR count). The third-order valence-corrected chi connectivity index (χ3v) is 4.70. The number of rotatable bonds is 5. The summed E-state index contributed by atoms with van der Waals surface area (Å²) in [6.07, 6.45) is 5.25. The molecule has 0 aromatic heterocycles. The summed E-state index contributed by atoms with van der Waals surface area (Å²) in [6, 6.07) is 0.696. The van der Waals surface area contributed by atoms with Crippen molar-refractivity contribution in [1.29, 1.82) is 0 Å². The van der Waals surface area contributed by atoms with Crippen LogP contribution in [0.15, 0.2) is 0 Å². The maximum Gasteiger partial charge on any atom is 0.0598 e. The molecule has 0 aromatic rings. The molecule has 1 N–H and O–H groups in total. The van der Waals surface area contributed by atoms with Gasteiger partial charge in [0.15, 0.2) is 0 Å². The highest BCUT2D eigenvalue weighted by atomic mass is 16.5. The first-order valence-corrected chi connectivity index (χ1v) is 8.51. The third-order valence-electron chi connectivity index (χ3n) is 4.70. The second-order valence-corrected chi connectivity index (χ2v) is 8.55. The lowest BCUT2D eigenvalue weighted by atomic mass is 9.67. The molecule has 3 atom stereocenters. The molecule has 2 heteroatoms. The summed E-state index contributed by atoms with van der Waals surface area (Å²) in [5.74, 6) is 1.63. The Kier molecular flexibility index (Phi) is 6.53. The van der Waals surface area contributed by atoms with Gasteiger partial charge in [-0.3, -0.25) is 0 Å². The van der Waals surface area contributed by atoms with E-state index in [9.17, 15) is 0 Å². The van der Waals surface area contributed by atoms with Gasteiger partial charge in [-0.25, -0.2) is 0 Å². The van der Waals surface area contributed by atoms with Gasteiger partial charge in [-0.2, -0.15) is 0 Å². The van der Waals surface area contributed by atoms with Gasteiger partial charge in [0.25, 0.3) is 0 Å². The zero-order valence-corrected chi connectivity index (χ0v) is 14.9. The van der Waals surface area contributed by atoms with Crippen molar-refractivity contribution >= 4 is 0 Å². The number of ether oxygens (including phenoxy) is 1. The quantitative estimate of drug-likeness (QED) is 0.794. The van der Waals surface area contributed by atoms with Crippen LogP contribution in [0.3, 0.4) is 0 Å². The highest BCUT2D eigenvalue weighted by molar-refractivity contribution is 4.88. The monoisotopic (exact) mass is 283 g/mol. The van der Waals surface area contributed by atoms with Crippen molar-refractivity contribution in [1.82, 2.24) is 5.32 Å². The molecule has 0 bridgehead atoms. The molecule has 0 heterocycles. The van der Waals surface area contributed by atoms with Crippen LogP contribution in [-0.4, -0.2) is 24.8 Å². The fourth-order valence-corrected chi connectivity index (χ4v) is 3.42. The van der Waals surface area contributed by atoms with Gasteiger partial charge in [0, 0.05) is 12.6 Å². The summed E-state index contributed by atoms with van der Waals surface area (Å²) in [5, 5.41) is 3.70. The van der Waals surface area contributed by atoms with E-state index in [1.54, 1.807) is 0 Å². The maximum absolute atomic E-state index is 5.95. The van der Waals surface area contributed by atoms with Gasteiger partial charge >= 0.3 is 0 Å². The summed E-state index contributed by atoms with van der Waals surface area (Å²) in [7, 11) is 0. The molecule has 1 aliphatic carbocycles. The molecule has 0 radical (unpaired) electrons. The Morgan fingerprint density at radius 1 is 1.05 bits per heavy atom. The minimum atomic E-state index is -0.00816. The number of hydrogen-bond donors (Lipinski definition) is 1. The maximum atomic E-state index is 5.95. The lowest BCUT2D eigenvalue weighted by Gasteiger charge is -2.42. The first-order valence-electron chi connectivity index (χ1n) is 8.51. The molecule has 0 spiro atoms. The smallest absolute Gasteiger partial charge is 0.0598 e. The average molecular weight is 284 g/mol. The zero-order valence-electron chi connectivity index (χ0n) is 14.9. The SMILES string of the molecule is CCNC1CCC(C(C)(C)C)CC1CCOC(C)(C)C. The van der Waals surface area contributed by atoms with Crippen molar-refractivity contribution in [3.63, 3.8) is 0 Å². The van der Waals surface area contributed by atoms with Crippen LogP contribution in [-0.2, 0) is 4.74 Å². The lowest BCUT2D eigenvalue weighted by molar-refractivity contribution is -0.0172. The lowest BCUT2D eigenvalue weighted by Crippen LogP contribution is -2.43. The van der Waals surface area contributed by atoms with Crippen LogP contribution in [0.5, 0.6) is 0 Å². The molecular weight excluding hydrogens is 246 g/mol. The van der Waals surface area contributed by atoms with Crippen molar-refractivity contribution in [2.45, 2.75) is 85.8 Å². The van der Waals surface area contributed by atoms with Gasteiger partial charge in [0.1, 0.15) is 0 Å². The van der Waals surface area contributed by atoms with E-state index in [2.05, 4.69) is 53.8 Å². The first-order chi connectivity index (χ1) is 9.13. The average Bonchev–Trinajstić information content (AvgIpc) is 2.28. The molecule has 0 aliphatic heterocycles. The number of nitrogens with one attached hydrogen (secondary N) is 1. The topological polar surface area (TPSA) is 21.3 Å². The van der Waals surface area contributed by atoms with Crippen LogP contribution in [0.25, 0.3) is 0 Å². The Hall–Kier alpha value is -0.0800.